The highest BCUT2D eigenvalue weighted by Crippen LogP contribution is 2.34. The van der Waals surface area contributed by atoms with Crippen molar-refractivity contribution >= 4 is 39.8 Å². The molecule has 28 heavy (non-hydrogen) atoms. The number of hydrogen-bond acceptors (Lipinski definition) is 6. The number of fused-ring (bicyclic) bond motifs is 1. The van der Waals surface area contributed by atoms with Crippen LogP contribution in [0.4, 0.5) is 10.7 Å². The van der Waals surface area contributed by atoms with Crippen LogP contribution in [0.25, 0.3) is 0 Å². The Hall–Kier alpha value is -2.87. The van der Waals surface area contributed by atoms with Crippen LogP contribution in [0.5, 0.6) is 5.75 Å². The van der Waals surface area contributed by atoms with Gasteiger partial charge in [-0.3, -0.25) is 14.5 Å². The topological polar surface area (TPSA) is 84.9 Å². The van der Waals surface area contributed by atoms with Gasteiger partial charge in [0.1, 0.15) is 17.3 Å². The van der Waals surface area contributed by atoms with Gasteiger partial charge in [0.2, 0.25) is 5.91 Å². The number of nitrogens with one attached hydrogen (secondary N) is 1. The number of para-hydroxylation sites is 2. The van der Waals surface area contributed by atoms with Crippen LogP contribution in [0, 0.1) is 0 Å². The molecule has 0 aliphatic carbocycles. The Labute approximate surface area is 167 Å². The Morgan fingerprint density at radius 2 is 2.04 bits per heavy atom. The minimum atomic E-state index is -0.675. The van der Waals surface area contributed by atoms with E-state index in [0.717, 1.165) is 11.3 Å². The summed E-state index contributed by atoms with van der Waals surface area (Å²) in [5.41, 5.74) is 0.880. The summed E-state index contributed by atoms with van der Waals surface area (Å²) >= 11 is 1.33. The minimum absolute atomic E-state index is 0.175. The lowest BCUT2D eigenvalue weighted by Gasteiger charge is -2.32. The number of anilines is 2. The smallest absolute Gasteiger partial charge is 0.341 e. The molecular formula is C20H22N2O5S. The molecule has 0 radical (unpaired) electrons. The van der Waals surface area contributed by atoms with Crippen molar-refractivity contribution in [3.63, 3.8) is 0 Å². The fourth-order valence-corrected chi connectivity index (χ4v) is 3.90. The van der Waals surface area contributed by atoms with Crippen LogP contribution in [0.15, 0.2) is 30.3 Å². The summed E-state index contributed by atoms with van der Waals surface area (Å²) in [7, 11) is 0. The fraction of sp³-hybridized carbons (Fsp3) is 0.350. The van der Waals surface area contributed by atoms with Crippen LogP contribution in [0.3, 0.4) is 0 Å². The number of thiophene rings is 1. The van der Waals surface area contributed by atoms with E-state index in [1.165, 1.54) is 16.2 Å². The maximum atomic E-state index is 12.7. The molecule has 2 heterocycles. The van der Waals surface area contributed by atoms with E-state index in [4.69, 9.17) is 9.47 Å². The molecule has 148 valence electrons. The Morgan fingerprint density at radius 3 is 2.75 bits per heavy atom. The molecule has 1 atom stereocenters. The second kappa shape index (κ2) is 8.43. The quantitative estimate of drug-likeness (QED) is 0.750. The van der Waals surface area contributed by atoms with Gasteiger partial charge in [0.05, 0.1) is 17.9 Å². The SMILES string of the molecule is CCOC(=O)c1cc(CC)sc1NC(=O)CN1C(=O)[C@@H](C)Oc2ccccc21. The number of hydrogen-bond donors (Lipinski definition) is 1. The Bertz CT molecular complexity index is 908. The summed E-state index contributed by atoms with van der Waals surface area (Å²) < 4.78 is 10.7. The lowest BCUT2D eigenvalue weighted by atomic mass is 10.2. The van der Waals surface area contributed by atoms with Crippen molar-refractivity contribution < 1.29 is 23.9 Å². The van der Waals surface area contributed by atoms with Gasteiger partial charge in [0.15, 0.2) is 6.10 Å². The molecule has 1 aromatic carbocycles. The van der Waals surface area contributed by atoms with Crippen LogP contribution in [0.1, 0.15) is 36.0 Å². The molecule has 8 heteroatoms. The highest BCUT2D eigenvalue weighted by atomic mass is 32.1. The van der Waals surface area contributed by atoms with Gasteiger partial charge in [-0.05, 0) is 38.5 Å². The van der Waals surface area contributed by atoms with Gasteiger partial charge in [0, 0.05) is 4.88 Å². The van der Waals surface area contributed by atoms with E-state index >= 15 is 0 Å². The molecule has 0 bridgehead atoms. The van der Waals surface area contributed by atoms with E-state index in [0.29, 0.717) is 22.0 Å². The van der Waals surface area contributed by atoms with Crippen LogP contribution < -0.4 is 15.0 Å². The number of amides is 2. The van der Waals surface area contributed by atoms with Crippen molar-refractivity contribution in [1.29, 1.82) is 0 Å². The number of benzene rings is 1. The van der Waals surface area contributed by atoms with E-state index in [-0.39, 0.29) is 19.1 Å². The van der Waals surface area contributed by atoms with Crippen molar-refractivity contribution in [2.24, 2.45) is 0 Å². The first-order valence-electron chi connectivity index (χ1n) is 9.11. The molecule has 1 N–H and O–H groups in total. The first-order valence-corrected chi connectivity index (χ1v) is 9.93. The standard InChI is InChI=1S/C20H22N2O5S/c1-4-13-10-14(20(25)26-5-2)18(28-13)21-17(23)11-22-15-8-6-7-9-16(15)27-12(3)19(22)24/h6-10,12H,4-5,11H2,1-3H3,(H,21,23)/t12-/m1/s1. The van der Waals surface area contributed by atoms with Gasteiger partial charge < -0.3 is 14.8 Å². The maximum Gasteiger partial charge on any atom is 0.341 e. The fourth-order valence-electron chi connectivity index (χ4n) is 2.90. The van der Waals surface area contributed by atoms with E-state index in [9.17, 15) is 14.4 Å². The average molecular weight is 402 g/mol. The second-order valence-electron chi connectivity index (χ2n) is 6.23. The molecule has 1 aromatic heterocycles. The van der Waals surface area contributed by atoms with Crippen molar-refractivity contribution in [2.75, 3.05) is 23.4 Å². The normalized spacial score (nSPS) is 15.6. The molecule has 2 aromatic rings. The minimum Gasteiger partial charge on any atom is -0.479 e. The number of rotatable bonds is 6. The molecule has 1 aliphatic heterocycles. The third-order valence-electron chi connectivity index (χ3n) is 4.26. The van der Waals surface area contributed by atoms with Crippen LogP contribution in [-0.4, -0.2) is 37.0 Å². The van der Waals surface area contributed by atoms with E-state index in [1.54, 1.807) is 38.1 Å². The molecular weight excluding hydrogens is 380 g/mol. The predicted molar refractivity (Wildman–Crippen MR) is 107 cm³/mol. The van der Waals surface area contributed by atoms with E-state index in [1.807, 2.05) is 13.0 Å². The largest absolute Gasteiger partial charge is 0.479 e. The predicted octanol–water partition coefficient (Wildman–Crippen LogP) is 3.24. The molecule has 2 amide bonds. The van der Waals surface area contributed by atoms with Crippen molar-refractivity contribution in [3.05, 3.63) is 40.8 Å². The molecule has 7 nitrogen and oxygen atoms in total. The average Bonchev–Trinajstić information content (AvgIpc) is 3.08. The summed E-state index contributed by atoms with van der Waals surface area (Å²) in [6, 6.07) is 8.81. The molecule has 0 unspecified atom stereocenters. The number of nitrogens with zero attached hydrogens (tertiary/aromatic N) is 1. The number of carbonyl (C=O) groups excluding carboxylic acids is 3. The highest BCUT2D eigenvalue weighted by molar-refractivity contribution is 7.16. The van der Waals surface area contributed by atoms with Crippen molar-refractivity contribution in [2.45, 2.75) is 33.3 Å². The summed E-state index contributed by atoms with van der Waals surface area (Å²) in [6.45, 7) is 5.42. The third kappa shape index (κ3) is 4.01. The Morgan fingerprint density at radius 1 is 1.29 bits per heavy atom. The molecule has 3 rings (SSSR count). The lowest BCUT2D eigenvalue weighted by Crippen LogP contribution is -2.47. The number of esters is 1. The van der Waals surface area contributed by atoms with Gasteiger partial charge in [-0.15, -0.1) is 11.3 Å². The summed E-state index contributed by atoms with van der Waals surface area (Å²) in [6.07, 6.45) is 0.0611. The molecule has 0 spiro atoms. The summed E-state index contributed by atoms with van der Waals surface area (Å²) in [5, 5.41) is 3.19. The van der Waals surface area contributed by atoms with Gasteiger partial charge in [-0.25, -0.2) is 4.79 Å². The zero-order valence-electron chi connectivity index (χ0n) is 16.0. The Kier molecular flexibility index (Phi) is 5.99. The monoisotopic (exact) mass is 402 g/mol. The number of ether oxygens (including phenoxy) is 2. The zero-order chi connectivity index (χ0) is 20.3. The molecule has 1 aliphatic rings. The van der Waals surface area contributed by atoms with Crippen LogP contribution in [0.2, 0.25) is 0 Å². The van der Waals surface area contributed by atoms with Gasteiger partial charge >= 0.3 is 5.97 Å². The third-order valence-corrected chi connectivity index (χ3v) is 5.45. The zero-order valence-corrected chi connectivity index (χ0v) is 16.8. The second-order valence-corrected chi connectivity index (χ2v) is 7.37. The van der Waals surface area contributed by atoms with Crippen LogP contribution >= 0.6 is 11.3 Å². The number of carbonyl (C=O) groups is 3. The first-order chi connectivity index (χ1) is 13.4. The van der Waals surface area contributed by atoms with E-state index < -0.39 is 18.0 Å². The number of aryl methyl sites for hydroxylation is 1. The first kappa shape index (κ1) is 19.9. The van der Waals surface area contributed by atoms with Crippen LogP contribution in [-0.2, 0) is 20.7 Å². The Balaban J connectivity index is 1.80. The molecule has 0 fully saturated rings. The van der Waals surface area contributed by atoms with Gasteiger partial charge in [-0.2, -0.15) is 0 Å². The summed E-state index contributed by atoms with van der Waals surface area (Å²) in [5.74, 6) is -0.610. The van der Waals surface area contributed by atoms with Crippen molar-refractivity contribution in [1.82, 2.24) is 0 Å². The lowest BCUT2D eigenvalue weighted by molar-refractivity contribution is -0.127. The highest BCUT2D eigenvalue weighted by Gasteiger charge is 2.32. The maximum absolute atomic E-state index is 12.7. The van der Waals surface area contributed by atoms with Gasteiger partial charge in [0.25, 0.3) is 5.91 Å². The summed E-state index contributed by atoms with van der Waals surface area (Å²) in [4.78, 5) is 39.8. The van der Waals surface area contributed by atoms with E-state index in [2.05, 4.69) is 5.32 Å². The van der Waals surface area contributed by atoms with Gasteiger partial charge in [-0.1, -0.05) is 19.1 Å². The van der Waals surface area contributed by atoms with Crippen molar-refractivity contribution in [3.8, 4) is 5.75 Å². The molecule has 0 saturated carbocycles. The molecule has 0 saturated heterocycles.